The van der Waals surface area contributed by atoms with Gasteiger partial charge in [-0.3, -0.25) is 9.59 Å². The summed E-state index contributed by atoms with van der Waals surface area (Å²) in [4.78, 5) is 24.1. The molecule has 0 radical (unpaired) electrons. The fraction of sp³-hybridized carbons (Fsp3) is 0.867. The predicted molar refractivity (Wildman–Crippen MR) is 76.4 cm³/mol. The number of carboxylic acid groups (broad SMARTS) is 1. The van der Waals surface area contributed by atoms with Gasteiger partial charge < -0.3 is 15.7 Å². The molecule has 0 aromatic rings. The SMILES string of the molecule is CCC1(C(=O)NCC2(C(=O)O)CCCCC2)CCNC1. The van der Waals surface area contributed by atoms with Crippen LogP contribution in [0, 0.1) is 10.8 Å². The van der Waals surface area contributed by atoms with Crippen molar-refractivity contribution in [3.63, 3.8) is 0 Å². The van der Waals surface area contributed by atoms with Crippen LogP contribution in [0.25, 0.3) is 0 Å². The van der Waals surface area contributed by atoms with E-state index in [4.69, 9.17) is 0 Å². The van der Waals surface area contributed by atoms with Crippen LogP contribution in [0.4, 0.5) is 0 Å². The van der Waals surface area contributed by atoms with Crippen LogP contribution in [0.5, 0.6) is 0 Å². The van der Waals surface area contributed by atoms with Gasteiger partial charge in [0.15, 0.2) is 0 Å². The summed E-state index contributed by atoms with van der Waals surface area (Å²) in [6, 6.07) is 0. The second kappa shape index (κ2) is 6.12. The van der Waals surface area contributed by atoms with Gasteiger partial charge >= 0.3 is 5.97 Å². The van der Waals surface area contributed by atoms with Crippen molar-refractivity contribution in [2.45, 2.75) is 51.9 Å². The second-order valence-corrected chi connectivity index (χ2v) is 6.39. The summed E-state index contributed by atoms with van der Waals surface area (Å²) in [5.74, 6) is -0.733. The molecule has 2 aliphatic rings. The van der Waals surface area contributed by atoms with E-state index in [2.05, 4.69) is 10.6 Å². The van der Waals surface area contributed by atoms with Gasteiger partial charge in [0.25, 0.3) is 0 Å². The molecule has 3 N–H and O–H groups in total. The molecule has 1 heterocycles. The van der Waals surface area contributed by atoms with E-state index in [0.717, 1.165) is 38.6 Å². The molecule has 1 aliphatic heterocycles. The van der Waals surface area contributed by atoms with Gasteiger partial charge in [-0.15, -0.1) is 0 Å². The summed E-state index contributed by atoms with van der Waals surface area (Å²) in [6.07, 6.45) is 6.00. The van der Waals surface area contributed by atoms with E-state index in [-0.39, 0.29) is 17.9 Å². The molecule has 1 saturated carbocycles. The lowest BCUT2D eigenvalue weighted by Gasteiger charge is -2.35. The number of carbonyl (C=O) groups excluding carboxylic acids is 1. The van der Waals surface area contributed by atoms with Crippen molar-refractivity contribution in [2.75, 3.05) is 19.6 Å². The summed E-state index contributed by atoms with van der Waals surface area (Å²) in [5, 5.41) is 15.7. The van der Waals surface area contributed by atoms with Crippen molar-refractivity contribution in [3.8, 4) is 0 Å². The Morgan fingerprint density at radius 3 is 2.35 bits per heavy atom. The molecule has 2 rings (SSSR count). The molecule has 5 heteroatoms. The van der Waals surface area contributed by atoms with Gasteiger partial charge in [-0.05, 0) is 32.2 Å². The average molecular weight is 282 g/mol. The number of aliphatic carboxylic acids is 1. The summed E-state index contributed by atoms with van der Waals surface area (Å²) < 4.78 is 0. The van der Waals surface area contributed by atoms with Gasteiger partial charge in [0.1, 0.15) is 0 Å². The minimum Gasteiger partial charge on any atom is -0.481 e. The number of carbonyl (C=O) groups is 2. The lowest BCUT2D eigenvalue weighted by molar-refractivity contribution is -0.151. The molecular weight excluding hydrogens is 256 g/mol. The summed E-state index contributed by atoms with van der Waals surface area (Å²) in [7, 11) is 0. The lowest BCUT2D eigenvalue weighted by Crippen LogP contribution is -2.49. The fourth-order valence-electron chi connectivity index (χ4n) is 3.53. The van der Waals surface area contributed by atoms with E-state index >= 15 is 0 Å². The monoisotopic (exact) mass is 282 g/mol. The van der Waals surface area contributed by atoms with Crippen LogP contribution in [0.1, 0.15) is 51.9 Å². The van der Waals surface area contributed by atoms with E-state index in [0.29, 0.717) is 19.4 Å². The van der Waals surface area contributed by atoms with E-state index in [1.165, 1.54) is 0 Å². The van der Waals surface area contributed by atoms with Crippen molar-refractivity contribution >= 4 is 11.9 Å². The van der Waals surface area contributed by atoms with Crippen LogP contribution in [0.2, 0.25) is 0 Å². The first-order valence-corrected chi connectivity index (χ1v) is 7.77. The molecule has 2 fully saturated rings. The van der Waals surface area contributed by atoms with Gasteiger partial charge in [0.2, 0.25) is 5.91 Å². The highest BCUT2D eigenvalue weighted by Gasteiger charge is 2.43. The minimum absolute atomic E-state index is 0.0243. The van der Waals surface area contributed by atoms with E-state index in [1.807, 2.05) is 6.92 Å². The zero-order chi connectivity index (χ0) is 14.6. The van der Waals surface area contributed by atoms with Gasteiger partial charge in [0.05, 0.1) is 10.8 Å². The van der Waals surface area contributed by atoms with Crippen molar-refractivity contribution in [2.24, 2.45) is 10.8 Å². The third-order valence-electron chi connectivity index (χ3n) is 5.25. The molecule has 20 heavy (non-hydrogen) atoms. The Balaban J connectivity index is 1.98. The standard InChI is InChI=1S/C15H26N2O3/c1-2-14(8-9-16-10-14)12(18)17-11-15(13(19)20)6-4-3-5-7-15/h16H,2-11H2,1H3,(H,17,18)(H,19,20). The van der Waals surface area contributed by atoms with E-state index in [9.17, 15) is 14.7 Å². The normalized spacial score (nSPS) is 29.1. The topological polar surface area (TPSA) is 78.4 Å². The molecule has 0 aromatic heterocycles. The van der Waals surface area contributed by atoms with Crippen molar-refractivity contribution in [1.29, 1.82) is 0 Å². The maximum absolute atomic E-state index is 12.5. The third-order valence-corrected chi connectivity index (χ3v) is 5.25. The first-order valence-electron chi connectivity index (χ1n) is 7.77. The highest BCUT2D eigenvalue weighted by Crippen LogP contribution is 2.37. The molecular formula is C15H26N2O3. The highest BCUT2D eigenvalue weighted by atomic mass is 16.4. The largest absolute Gasteiger partial charge is 0.481 e. The molecule has 0 spiro atoms. The van der Waals surface area contributed by atoms with Gasteiger partial charge in [0, 0.05) is 13.1 Å². The van der Waals surface area contributed by atoms with Crippen LogP contribution < -0.4 is 10.6 Å². The van der Waals surface area contributed by atoms with E-state index in [1.54, 1.807) is 0 Å². The minimum atomic E-state index is -0.757. The number of carboxylic acids is 1. The maximum Gasteiger partial charge on any atom is 0.311 e. The average Bonchev–Trinajstić information content (AvgIpc) is 2.95. The smallest absolute Gasteiger partial charge is 0.311 e. The van der Waals surface area contributed by atoms with E-state index < -0.39 is 11.4 Å². The third kappa shape index (κ3) is 2.82. The first kappa shape index (κ1) is 15.3. The van der Waals surface area contributed by atoms with Gasteiger partial charge in [-0.2, -0.15) is 0 Å². The lowest BCUT2D eigenvalue weighted by atomic mass is 9.73. The molecule has 0 bridgehead atoms. The Labute approximate surface area is 120 Å². The van der Waals surface area contributed by atoms with Crippen molar-refractivity contribution < 1.29 is 14.7 Å². The summed E-state index contributed by atoms with van der Waals surface area (Å²) >= 11 is 0. The van der Waals surface area contributed by atoms with Gasteiger partial charge in [-0.25, -0.2) is 0 Å². The van der Waals surface area contributed by atoms with Crippen LogP contribution in [-0.4, -0.2) is 36.6 Å². The van der Waals surface area contributed by atoms with Crippen LogP contribution in [-0.2, 0) is 9.59 Å². The highest BCUT2D eigenvalue weighted by molar-refractivity contribution is 5.84. The molecule has 1 amide bonds. The number of rotatable bonds is 5. The molecule has 1 saturated heterocycles. The number of nitrogens with one attached hydrogen (secondary N) is 2. The summed E-state index contributed by atoms with van der Waals surface area (Å²) in [6.45, 7) is 3.88. The van der Waals surface area contributed by atoms with Crippen LogP contribution >= 0.6 is 0 Å². The molecule has 5 nitrogen and oxygen atoms in total. The molecule has 1 aliphatic carbocycles. The van der Waals surface area contributed by atoms with Crippen LogP contribution in [0.15, 0.2) is 0 Å². The Bertz CT molecular complexity index is 369. The zero-order valence-corrected chi connectivity index (χ0v) is 12.3. The zero-order valence-electron chi connectivity index (χ0n) is 12.3. The number of amides is 1. The Morgan fingerprint density at radius 2 is 1.85 bits per heavy atom. The van der Waals surface area contributed by atoms with Gasteiger partial charge in [-0.1, -0.05) is 26.2 Å². The molecule has 0 aromatic carbocycles. The number of hydrogen-bond acceptors (Lipinski definition) is 3. The Morgan fingerprint density at radius 1 is 1.15 bits per heavy atom. The number of hydrogen-bond donors (Lipinski definition) is 3. The summed E-state index contributed by atoms with van der Waals surface area (Å²) in [5.41, 5.74) is -1.08. The molecule has 1 atom stereocenters. The molecule has 1 unspecified atom stereocenters. The quantitative estimate of drug-likeness (QED) is 0.714. The second-order valence-electron chi connectivity index (χ2n) is 6.39. The molecule has 114 valence electrons. The Kier molecular flexibility index (Phi) is 4.68. The van der Waals surface area contributed by atoms with Crippen molar-refractivity contribution in [3.05, 3.63) is 0 Å². The van der Waals surface area contributed by atoms with Crippen LogP contribution in [0.3, 0.4) is 0 Å². The van der Waals surface area contributed by atoms with Crippen molar-refractivity contribution in [1.82, 2.24) is 10.6 Å². The Hall–Kier alpha value is -1.10. The maximum atomic E-state index is 12.5. The predicted octanol–water partition coefficient (Wildman–Crippen LogP) is 1.53. The fourth-order valence-corrected chi connectivity index (χ4v) is 3.53. The first-order chi connectivity index (χ1) is 9.55.